The number of aryl methyl sites for hydroxylation is 1. The van der Waals surface area contributed by atoms with E-state index in [-0.39, 0.29) is 5.92 Å². The van der Waals surface area contributed by atoms with E-state index in [2.05, 4.69) is 9.55 Å². The van der Waals surface area contributed by atoms with Gasteiger partial charge < -0.3 is 9.36 Å². The number of aldehydes is 1. The number of carbonyl (C=O) groups excluding carboxylic acids is 1. The molecule has 1 unspecified atom stereocenters. The number of hydrogen-bond donors (Lipinski definition) is 0. The highest BCUT2D eigenvalue weighted by Crippen LogP contribution is 2.25. The summed E-state index contributed by atoms with van der Waals surface area (Å²) in [6.07, 6.45) is 4.93. The fourth-order valence-electron chi connectivity index (χ4n) is 1.83. The van der Waals surface area contributed by atoms with Gasteiger partial charge in [0.2, 0.25) is 0 Å². The van der Waals surface area contributed by atoms with Crippen molar-refractivity contribution in [3.8, 4) is 0 Å². The highest BCUT2D eigenvalue weighted by molar-refractivity contribution is 5.61. The van der Waals surface area contributed by atoms with Crippen molar-refractivity contribution < 1.29 is 4.79 Å². The summed E-state index contributed by atoms with van der Waals surface area (Å²) in [5.41, 5.74) is 1.09. The average Bonchev–Trinajstić information content (AvgIpc) is 2.48. The van der Waals surface area contributed by atoms with Crippen molar-refractivity contribution in [3.05, 3.63) is 17.7 Å². The highest BCUT2D eigenvalue weighted by atomic mass is 16.1. The molecule has 1 atom stereocenters. The maximum atomic E-state index is 10.7. The third-order valence-electron chi connectivity index (χ3n) is 2.53. The quantitative estimate of drug-likeness (QED) is 0.586. The van der Waals surface area contributed by atoms with E-state index in [9.17, 15) is 4.79 Å². The maximum absolute atomic E-state index is 10.7. The summed E-state index contributed by atoms with van der Waals surface area (Å²) >= 11 is 0. The Morgan fingerprint density at radius 2 is 2.58 bits per heavy atom. The summed E-state index contributed by atoms with van der Waals surface area (Å²) in [7, 11) is 0. The van der Waals surface area contributed by atoms with Crippen molar-refractivity contribution in [1.82, 2.24) is 9.55 Å². The van der Waals surface area contributed by atoms with Crippen LogP contribution in [0.1, 0.15) is 30.3 Å². The molecule has 0 N–H and O–H groups in total. The largest absolute Gasteiger partial charge is 0.332 e. The van der Waals surface area contributed by atoms with Crippen LogP contribution >= 0.6 is 0 Å². The minimum atomic E-state index is 0.0833. The van der Waals surface area contributed by atoms with Gasteiger partial charge in [-0.2, -0.15) is 0 Å². The minimum Gasteiger partial charge on any atom is -0.332 e. The number of nitrogens with zero attached hydrogens (tertiary/aromatic N) is 2. The van der Waals surface area contributed by atoms with Crippen LogP contribution in [-0.2, 0) is 11.3 Å². The van der Waals surface area contributed by atoms with E-state index in [1.165, 1.54) is 0 Å². The monoisotopic (exact) mass is 164 g/mol. The van der Waals surface area contributed by atoms with Gasteiger partial charge in [0.25, 0.3) is 0 Å². The first-order valence-corrected chi connectivity index (χ1v) is 4.30. The average molecular weight is 164 g/mol. The number of carbonyl (C=O) groups is 1. The highest BCUT2D eigenvalue weighted by Gasteiger charge is 2.20. The van der Waals surface area contributed by atoms with Crippen molar-refractivity contribution in [2.75, 3.05) is 0 Å². The fourth-order valence-corrected chi connectivity index (χ4v) is 1.83. The van der Waals surface area contributed by atoms with Crippen molar-refractivity contribution >= 4 is 6.29 Å². The molecule has 1 aromatic heterocycles. The van der Waals surface area contributed by atoms with Gasteiger partial charge >= 0.3 is 0 Å². The van der Waals surface area contributed by atoms with Gasteiger partial charge in [-0.05, 0) is 19.8 Å². The number of aromatic nitrogens is 2. The molecule has 1 aromatic rings. The molecular formula is C9H12N2O. The van der Waals surface area contributed by atoms with Crippen LogP contribution in [0.3, 0.4) is 0 Å². The second kappa shape index (κ2) is 2.73. The van der Waals surface area contributed by atoms with Gasteiger partial charge in [0, 0.05) is 18.4 Å². The smallest absolute Gasteiger partial charge is 0.129 e. The first-order valence-electron chi connectivity index (χ1n) is 4.30. The molecule has 0 radical (unpaired) electrons. The van der Waals surface area contributed by atoms with Crippen LogP contribution in [0.15, 0.2) is 6.20 Å². The molecule has 0 bridgehead atoms. The fraction of sp³-hybridized carbons (Fsp3) is 0.556. The molecule has 0 saturated heterocycles. The normalized spacial score (nSPS) is 21.9. The predicted octanol–water partition coefficient (Wildman–Crippen LogP) is 1.27. The number of rotatable bonds is 1. The Bertz CT molecular complexity index is 303. The van der Waals surface area contributed by atoms with Crippen LogP contribution in [-0.4, -0.2) is 15.8 Å². The van der Waals surface area contributed by atoms with Gasteiger partial charge in [0.15, 0.2) is 0 Å². The Labute approximate surface area is 71.4 Å². The zero-order valence-electron chi connectivity index (χ0n) is 7.16. The molecule has 3 heteroatoms. The van der Waals surface area contributed by atoms with Crippen LogP contribution in [0.2, 0.25) is 0 Å². The van der Waals surface area contributed by atoms with Gasteiger partial charge in [0.1, 0.15) is 12.1 Å². The van der Waals surface area contributed by atoms with E-state index in [0.717, 1.165) is 37.2 Å². The lowest BCUT2D eigenvalue weighted by atomic mass is 9.98. The van der Waals surface area contributed by atoms with Gasteiger partial charge in [-0.15, -0.1) is 0 Å². The lowest BCUT2D eigenvalue weighted by Gasteiger charge is -2.20. The van der Waals surface area contributed by atoms with Gasteiger partial charge in [-0.25, -0.2) is 4.98 Å². The van der Waals surface area contributed by atoms with Gasteiger partial charge in [0.05, 0.1) is 5.92 Å². The van der Waals surface area contributed by atoms with E-state index in [1.54, 1.807) is 0 Å². The van der Waals surface area contributed by atoms with E-state index in [1.807, 2.05) is 13.1 Å². The van der Waals surface area contributed by atoms with Gasteiger partial charge in [-0.1, -0.05) is 0 Å². The molecule has 2 heterocycles. The number of hydrogen-bond acceptors (Lipinski definition) is 2. The van der Waals surface area contributed by atoms with Crippen molar-refractivity contribution in [3.63, 3.8) is 0 Å². The topological polar surface area (TPSA) is 34.9 Å². The molecular weight excluding hydrogens is 152 g/mol. The summed E-state index contributed by atoms with van der Waals surface area (Å²) < 4.78 is 2.14. The molecule has 0 saturated carbocycles. The van der Waals surface area contributed by atoms with Crippen LogP contribution in [0.5, 0.6) is 0 Å². The first-order chi connectivity index (χ1) is 5.83. The lowest BCUT2D eigenvalue weighted by molar-refractivity contribution is -0.109. The van der Waals surface area contributed by atoms with E-state index >= 15 is 0 Å². The van der Waals surface area contributed by atoms with Crippen molar-refractivity contribution in [1.29, 1.82) is 0 Å². The maximum Gasteiger partial charge on any atom is 0.129 e. The molecule has 0 aromatic carbocycles. The Morgan fingerprint density at radius 3 is 3.33 bits per heavy atom. The van der Waals surface area contributed by atoms with Crippen molar-refractivity contribution in [2.24, 2.45) is 0 Å². The molecule has 0 fully saturated rings. The molecule has 0 spiro atoms. The first kappa shape index (κ1) is 7.53. The zero-order chi connectivity index (χ0) is 8.55. The standard InChI is InChI=1S/C9H12N2O/c1-7-10-5-9-8(6-12)3-2-4-11(7)9/h5-6,8H,2-4H2,1H3. The summed E-state index contributed by atoms with van der Waals surface area (Å²) in [6.45, 7) is 3.00. The molecule has 12 heavy (non-hydrogen) atoms. The van der Waals surface area contributed by atoms with Crippen LogP contribution in [0.4, 0.5) is 0 Å². The Kier molecular flexibility index (Phi) is 1.71. The van der Waals surface area contributed by atoms with Crippen molar-refractivity contribution in [2.45, 2.75) is 32.2 Å². The Morgan fingerprint density at radius 1 is 1.75 bits per heavy atom. The third kappa shape index (κ3) is 0.967. The SMILES string of the molecule is Cc1ncc2n1CCCC2C=O. The van der Waals surface area contributed by atoms with Crippen LogP contribution < -0.4 is 0 Å². The van der Waals surface area contributed by atoms with E-state index in [4.69, 9.17) is 0 Å². The van der Waals surface area contributed by atoms with Crippen LogP contribution in [0.25, 0.3) is 0 Å². The number of imidazole rings is 1. The molecule has 0 amide bonds. The summed E-state index contributed by atoms with van der Waals surface area (Å²) in [4.78, 5) is 14.9. The molecule has 0 aliphatic carbocycles. The Hall–Kier alpha value is -1.12. The summed E-state index contributed by atoms with van der Waals surface area (Å²) in [5.74, 6) is 1.11. The molecule has 3 nitrogen and oxygen atoms in total. The molecule has 1 aliphatic heterocycles. The second-order valence-electron chi connectivity index (χ2n) is 3.27. The molecule has 1 aliphatic rings. The summed E-state index contributed by atoms with van der Waals surface area (Å²) in [6, 6.07) is 0. The second-order valence-corrected chi connectivity index (χ2v) is 3.27. The molecule has 64 valence electrons. The van der Waals surface area contributed by atoms with Crippen LogP contribution in [0, 0.1) is 6.92 Å². The third-order valence-corrected chi connectivity index (χ3v) is 2.53. The van der Waals surface area contributed by atoms with E-state index < -0.39 is 0 Å². The summed E-state index contributed by atoms with van der Waals surface area (Å²) in [5, 5.41) is 0. The van der Waals surface area contributed by atoms with Gasteiger partial charge in [-0.3, -0.25) is 0 Å². The van der Waals surface area contributed by atoms with E-state index in [0.29, 0.717) is 0 Å². The molecule has 2 rings (SSSR count). The predicted molar refractivity (Wildman–Crippen MR) is 45.0 cm³/mol. The number of fused-ring (bicyclic) bond motifs is 1. The Balaban J connectivity index is 2.45. The zero-order valence-corrected chi connectivity index (χ0v) is 7.16. The lowest BCUT2D eigenvalue weighted by Crippen LogP contribution is -2.16. The minimum absolute atomic E-state index is 0.0833.